The van der Waals surface area contributed by atoms with E-state index in [1.165, 1.54) is 14.0 Å². The van der Waals surface area contributed by atoms with E-state index in [0.717, 1.165) is 11.1 Å². The fourth-order valence-electron chi connectivity index (χ4n) is 1.83. The molecule has 0 fully saturated rings. The fraction of sp³-hybridized carbons (Fsp3) is 0.471. The number of hydrogen-bond donors (Lipinski definition) is 2. The van der Waals surface area contributed by atoms with Gasteiger partial charge < -0.3 is 14.8 Å². The fourth-order valence-corrected chi connectivity index (χ4v) is 1.83. The van der Waals surface area contributed by atoms with E-state index < -0.39 is 24.0 Å². The zero-order chi connectivity index (χ0) is 18.3. The highest BCUT2D eigenvalue weighted by Gasteiger charge is 2.20. The van der Waals surface area contributed by atoms with E-state index in [2.05, 4.69) is 19.2 Å². The summed E-state index contributed by atoms with van der Waals surface area (Å²) in [5, 5.41) is 4.27. The summed E-state index contributed by atoms with van der Waals surface area (Å²) in [7, 11) is 1.38. The van der Waals surface area contributed by atoms with E-state index in [-0.39, 0.29) is 6.61 Å². The zero-order valence-corrected chi connectivity index (χ0v) is 14.6. The number of esters is 1. The minimum absolute atomic E-state index is 0.319. The molecule has 132 valence electrons. The summed E-state index contributed by atoms with van der Waals surface area (Å²) in [5.41, 5.74) is 2.00. The molecule has 7 heteroatoms. The first-order chi connectivity index (χ1) is 11.2. The van der Waals surface area contributed by atoms with Crippen molar-refractivity contribution in [2.45, 2.75) is 39.7 Å². The van der Waals surface area contributed by atoms with Crippen LogP contribution in [0.1, 0.15) is 37.8 Å². The molecule has 0 spiro atoms. The van der Waals surface area contributed by atoms with Gasteiger partial charge in [0, 0.05) is 7.05 Å². The van der Waals surface area contributed by atoms with Crippen molar-refractivity contribution in [3.63, 3.8) is 0 Å². The van der Waals surface area contributed by atoms with Crippen LogP contribution < -0.4 is 15.4 Å². The highest BCUT2D eigenvalue weighted by atomic mass is 16.6. The van der Waals surface area contributed by atoms with Gasteiger partial charge in [0.15, 0.2) is 12.7 Å². The van der Waals surface area contributed by atoms with E-state index in [1.54, 1.807) is 0 Å². The second-order valence-corrected chi connectivity index (χ2v) is 5.67. The summed E-state index contributed by atoms with van der Waals surface area (Å²) in [6, 6.07) is 5.15. The highest BCUT2D eigenvalue weighted by molar-refractivity contribution is 5.97. The number of rotatable bonds is 6. The van der Waals surface area contributed by atoms with Crippen molar-refractivity contribution >= 4 is 17.9 Å². The summed E-state index contributed by atoms with van der Waals surface area (Å²) in [6.45, 7) is 7.07. The largest absolute Gasteiger partial charge is 0.482 e. The third kappa shape index (κ3) is 5.91. The van der Waals surface area contributed by atoms with Crippen LogP contribution >= 0.6 is 0 Å². The van der Waals surface area contributed by atoms with Crippen LogP contribution in [0.2, 0.25) is 0 Å². The van der Waals surface area contributed by atoms with Crippen LogP contribution in [0.5, 0.6) is 5.75 Å². The van der Waals surface area contributed by atoms with Gasteiger partial charge in [0.2, 0.25) is 0 Å². The normalized spacial score (nSPS) is 11.6. The Morgan fingerprint density at radius 2 is 1.83 bits per heavy atom. The lowest BCUT2D eigenvalue weighted by molar-refractivity contribution is -0.156. The molecule has 0 bridgehead atoms. The van der Waals surface area contributed by atoms with Gasteiger partial charge in [-0.1, -0.05) is 26.0 Å². The van der Waals surface area contributed by atoms with Crippen molar-refractivity contribution < 1.29 is 23.9 Å². The highest BCUT2D eigenvalue weighted by Crippen LogP contribution is 2.24. The molecule has 1 atom stereocenters. The summed E-state index contributed by atoms with van der Waals surface area (Å²) >= 11 is 0. The van der Waals surface area contributed by atoms with Crippen LogP contribution in [-0.2, 0) is 14.3 Å². The second kappa shape index (κ2) is 8.90. The van der Waals surface area contributed by atoms with E-state index in [1.807, 2.05) is 30.4 Å². The van der Waals surface area contributed by atoms with Crippen molar-refractivity contribution in [2.75, 3.05) is 13.7 Å². The number of nitrogens with one attached hydrogen (secondary N) is 2. The third-order valence-corrected chi connectivity index (χ3v) is 3.37. The number of amides is 3. The van der Waals surface area contributed by atoms with Crippen molar-refractivity contribution in [2.24, 2.45) is 0 Å². The summed E-state index contributed by atoms with van der Waals surface area (Å²) in [5.74, 6) is -0.460. The Kier molecular flexibility index (Phi) is 7.23. The van der Waals surface area contributed by atoms with Crippen LogP contribution in [0.3, 0.4) is 0 Å². The number of ether oxygens (including phenoxy) is 2. The molecule has 0 aliphatic rings. The average Bonchev–Trinajstić information content (AvgIpc) is 2.53. The molecule has 2 N–H and O–H groups in total. The van der Waals surface area contributed by atoms with Crippen molar-refractivity contribution in [3.05, 3.63) is 29.3 Å². The van der Waals surface area contributed by atoms with Gasteiger partial charge >= 0.3 is 12.0 Å². The van der Waals surface area contributed by atoms with Gasteiger partial charge in [0.25, 0.3) is 5.91 Å². The zero-order valence-electron chi connectivity index (χ0n) is 14.6. The van der Waals surface area contributed by atoms with Gasteiger partial charge in [-0.3, -0.25) is 10.1 Å². The molecule has 1 aromatic carbocycles. The standard InChI is InChI=1S/C17H24N2O5/c1-10(2)13-7-6-11(3)14(8-13)23-9-15(20)24-12(4)16(21)19-17(22)18-5/h6-8,10,12H,9H2,1-5H3,(H2,18,19,21,22)/t12-/m1/s1. The number of benzene rings is 1. The molecular weight excluding hydrogens is 312 g/mol. The Hall–Kier alpha value is -2.57. The maximum absolute atomic E-state index is 11.8. The van der Waals surface area contributed by atoms with Crippen LogP contribution in [0.4, 0.5) is 4.79 Å². The minimum Gasteiger partial charge on any atom is -0.482 e. The monoisotopic (exact) mass is 336 g/mol. The first kappa shape index (κ1) is 19.5. The van der Waals surface area contributed by atoms with E-state index in [9.17, 15) is 14.4 Å². The Bertz CT molecular complexity index is 613. The molecule has 0 saturated heterocycles. The van der Waals surface area contributed by atoms with Crippen molar-refractivity contribution in [1.82, 2.24) is 10.6 Å². The smallest absolute Gasteiger partial charge is 0.344 e. The number of hydrogen-bond acceptors (Lipinski definition) is 5. The SMILES string of the molecule is CNC(=O)NC(=O)[C@@H](C)OC(=O)COc1cc(C(C)C)ccc1C. The van der Waals surface area contributed by atoms with Crippen LogP contribution in [0, 0.1) is 6.92 Å². The molecule has 0 unspecified atom stereocenters. The van der Waals surface area contributed by atoms with E-state index in [0.29, 0.717) is 11.7 Å². The molecule has 3 amide bonds. The van der Waals surface area contributed by atoms with Crippen molar-refractivity contribution in [1.29, 1.82) is 0 Å². The predicted molar refractivity (Wildman–Crippen MR) is 88.9 cm³/mol. The molecule has 0 aromatic heterocycles. The molecule has 0 heterocycles. The average molecular weight is 336 g/mol. The van der Waals surface area contributed by atoms with Gasteiger partial charge in [0.1, 0.15) is 5.75 Å². The number of urea groups is 1. The maximum atomic E-state index is 11.8. The number of aryl methyl sites for hydroxylation is 1. The lowest BCUT2D eigenvalue weighted by Crippen LogP contribution is -2.43. The van der Waals surface area contributed by atoms with Gasteiger partial charge in [-0.05, 0) is 37.0 Å². The Balaban J connectivity index is 2.56. The van der Waals surface area contributed by atoms with Gasteiger partial charge in [0.05, 0.1) is 0 Å². The first-order valence-electron chi connectivity index (χ1n) is 7.70. The lowest BCUT2D eigenvalue weighted by atomic mass is 10.0. The van der Waals surface area contributed by atoms with Crippen LogP contribution in [0.25, 0.3) is 0 Å². The number of carbonyl (C=O) groups excluding carboxylic acids is 3. The molecular formula is C17H24N2O5. The van der Waals surface area contributed by atoms with Crippen molar-refractivity contribution in [3.8, 4) is 5.75 Å². The van der Waals surface area contributed by atoms with Gasteiger partial charge in [-0.2, -0.15) is 0 Å². The summed E-state index contributed by atoms with van der Waals surface area (Å²) in [6.07, 6.45) is -1.10. The van der Waals surface area contributed by atoms with Gasteiger partial charge in [-0.25, -0.2) is 9.59 Å². The molecule has 0 aliphatic heterocycles. The number of carbonyl (C=O) groups is 3. The predicted octanol–water partition coefficient (Wildman–Crippen LogP) is 1.88. The third-order valence-electron chi connectivity index (χ3n) is 3.37. The molecule has 1 aromatic rings. The Labute approximate surface area is 141 Å². The lowest BCUT2D eigenvalue weighted by Gasteiger charge is -2.15. The minimum atomic E-state index is -1.10. The molecule has 1 rings (SSSR count). The van der Waals surface area contributed by atoms with E-state index in [4.69, 9.17) is 9.47 Å². The van der Waals surface area contributed by atoms with Gasteiger partial charge in [-0.15, -0.1) is 0 Å². The molecule has 0 saturated carbocycles. The topological polar surface area (TPSA) is 93.7 Å². The molecule has 0 radical (unpaired) electrons. The van der Waals surface area contributed by atoms with E-state index >= 15 is 0 Å². The molecule has 7 nitrogen and oxygen atoms in total. The first-order valence-corrected chi connectivity index (χ1v) is 7.70. The number of imide groups is 1. The van der Waals surface area contributed by atoms with Crippen LogP contribution in [0.15, 0.2) is 18.2 Å². The second-order valence-electron chi connectivity index (χ2n) is 5.67. The van der Waals surface area contributed by atoms with Crippen LogP contribution in [-0.4, -0.2) is 37.7 Å². The molecule has 0 aliphatic carbocycles. The Morgan fingerprint density at radius 1 is 1.17 bits per heavy atom. The summed E-state index contributed by atoms with van der Waals surface area (Å²) in [4.78, 5) is 34.4. The molecule has 24 heavy (non-hydrogen) atoms. The summed E-state index contributed by atoms with van der Waals surface area (Å²) < 4.78 is 10.4. The Morgan fingerprint density at radius 3 is 2.42 bits per heavy atom. The maximum Gasteiger partial charge on any atom is 0.344 e. The quantitative estimate of drug-likeness (QED) is 0.774.